The molecule has 84 valence electrons. The van der Waals surface area contributed by atoms with Crippen molar-refractivity contribution in [3.8, 4) is 0 Å². The molecule has 0 radical (unpaired) electrons. The van der Waals surface area contributed by atoms with Crippen LogP contribution in [-0.4, -0.2) is 38.5 Å². The molecule has 1 heterocycles. The highest BCUT2D eigenvalue weighted by Gasteiger charge is 2.20. The molecule has 3 nitrogen and oxygen atoms in total. The van der Waals surface area contributed by atoms with Crippen LogP contribution in [0, 0.1) is 0 Å². The molecule has 0 spiro atoms. The van der Waals surface area contributed by atoms with E-state index in [4.69, 9.17) is 9.47 Å². The van der Waals surface area contributed by atoms with Gasteiger partial charge in [-0.15, -0.1) is 0 Å². The SMILES string of the molecule is CCOCCCNCC1CCC(C)O1. The summed E-state index contributed by atoms with van der Waals surface area (Å²) in [5, 5.41) is 3.40. The summed E-state index contributed by atoms with van der Waals surface area (Å²) in [5.41, 5.74) is 0. The molecular weight excluding hydrogens is 178 g/mol. The maximum Gasteiger partial charge on any atom is 0.0704 e. The molecule has 1 saturated heterocycles. The molecule has 2 unspecified atom stereocenters. The van der Waals surface area contributed by atoms with Crippen LogP contribution in [0.25, 0.3) is 0 Å². The van der Waals surface area contributed by atoms with Crippen LogP contribution in [0.15, 0.2) is 0 Å². The van der Waals surface area contributed by atoms with Gasteiger partial charge in [0.05, 0.1) is 12.2 Å². The van der Waals surface area contributed by atoms with Crippen molar-refractivity contribution in [1.82, 2.24) is 5.32 Å². The van der Waals surface area contributed by atoms with Crippen molar-refractivity contribution in [1.29, 1.82) is 0 Å². The van der Waals surface area contributed by atoms with Gasteiger partial charge in [-0.1, -0.05) is 0 Å². The Labute approximate surface area is 87.2 Å². The average molecular weight is 201 g/mol. The Morgan fingerprint density at radius 2 is 2.29 bits per heavy atom. The van der Waals surface area contributed by atoms with Crippen LogP contribution in [0.4, 0.5) is 0 Å². The fraction of sp³-hybridized carbons (Fsp3) is 1.00. The van der Waals surface area contributed by atoms with Crippen molar-refractivity contribution < 1.29 is 9.47 Å². The lowest BCUT2D eigenvalue weighted by Gasteiger charge is -2.11. The van der Waals surface area contributed by atoms with E-state index in [1.807, 2.05) is 6.92 Å². The molecule has 0 saturated carbocycles. The first-order valence-electron chi connectivity index (χ1n) is 5.77. The van der Waals surface area contributed by atoms with Gasteiger partial charge in [0.15, 0.2) is 0 Å². The Kier molecular flexibility index (Phi) is 6.15. The Balaban J connectivity index is 1.84. The number of hydrogen-bond donors (Lipinski definition) is 1. The average Bonchev–Trinajstić information content (AvgIpc) is 2.58. The third kappa shape index (κ3) is 4.94. The van der Waals surface area contributed by atoms with E-state index in [1.165, 1.54) is 12.8 Å². The quantitative estimate of drug-likeness (QED) is 0.634. The van der Waals surface area contributed by atoms with E-state index in [-0.39, 0.29) is 0 Å². The Morgan fingerprint density at radius 1 is 1.43 bits per heavy atom. The van der Waals surface area contributed by atoms with Crippen LogP contribution in [0.3, 0.4) is 0 Å². The van der Waals surface area contributed by atoms with Crippen molar-refractivity contribution in [2.24, 2.45) is 0 Å². The largest absolute Gasteiger partial charge is 0.382 e. The standard InChI is InChI=1S/C11H23NO2/c1-3-13-8-4-7-12-9-11-6-5-10(2)14-11/h10-12H,3-9H2,1-2H3. The topological polar surface area (TPSA) is 30.5 Å². The van der Waals surface area contributed by atoms with E-state index in [9.17, 15) is 0 Å². The van der Waals surface area contributed by atoms with Crippen LogP contribution >= 0.6 is 0 Å². The van der Waals surface area contributed by atoms with E-state index >= 15 is 0 Å². The normalized spacial score (nSPS) is 27.0. The molecular formula is C11H23NO2. The molecule has 1 rings (SSSR count). The lowest BCUT2D eigenvalue weighted by Crippen LogP contribution is -2.28. The van der Waals surface area contributed by atoms with Gasteiger partial charge in [-0.3, -0.25) is 0 Å². The minimum absolute atomic E-state index is 0.442. The van der Waals surface area contributed by atoms with Crippen molar-refractivity contribution in [3.63, 3.8) is 0 Å². The summed E-state index contributed by atoms with van der Waals surface area (Å²) < 4.78 is 10.9. The van der Waals surface area contributed by atoms with E-state index in [1.54, 1.807) is 0 Å². The molecule has 2 atom stereocenters. The monoisotopic (exact) mass is 201 g/mol. The highest BCUT2D eigenvalue weighted by atomic mass is 16.5. The fourth-order valence-corrected chi connectivity index (χ4v) is 1.74. The van der Waals surface area contributed by atoms with Crippen molar-refractivity contribution >= 4 is 0 Å². The summed E-state index contributed by atoms with van der Waals surface area (Å²) in [6.07, 6.45) is 4.42. The second kappa shape index (κ2) is 7.21. The summed E-state index contributed by atoms with van der Waals surface area (Å²) >= 11 is 0. The van der Waals surface area contributed by atoms with Gasteiger partial charge in [-0.2, -0.15) is 0 Å². The van der Waals surface area contributed by atoms with Crippen molar-refractivity contribution in [2.75, 3.05) is 26.3 Å². The third-order valence-electron chi connectivity index (χ3n) is 2.54. The number of rotatable bonds is 7. The maximum absolute atomic E-state index is 5.70. The molecule has 1 aliphatic rings. The zero-order valence-corrected chi connectivity index (χ0v) is 9.42. The lowest BCUT2D eigenvalue weighted by molar-refractivity contribution is 0.0556. The Hall–Kier alpha value is -0.120. The minimum atomic E-state index is 0.442. The van der Waals surface area contributed by atoms with Crippen LogP contribution in [0.1, 0.15) is 33.1 Å². The molecule has 0 aromatic carbocycles. The second-order valence-corrected chi connectivity index (χ2v) is 3.90. The third-order valence-corrected chi connectivity index (χ3v) is 2.54. The number of nitrogens with one attached hydrogen (secondary N) is 1. The molecule has 0 aliphatic carbocycles. The summed E-state index contributed by atoms with van der Waals surface area (Å²) in [6.45, 7) is 7.90. The van der Waals surface area contributed by atoms with Gasteiger partial charge in [0.2, 0.25) is 0 Å². The van der Waals surface area contributed by atoms with E-state index < -0.39 is 0 Å². The van der Waals surface area contributed by atoms with Crippen LogP contribution in [-0.2, 0) is 9.47 Å². The lowest BCUT2D eigenvalue weighted by atomic mass is 10.2. The van der Waals surface area contributed by atoms with Gasteiger partial charge in [0, 0.05) is 19.8 Å². The van der Waals surface area contributed by atoms with Gasteiger partial charge < -0.3 is 14.8 Å². The molecule has 0 amide bonds. The first-order chi connectivity index (χ1) is 6.83. The van der Waals surface area contributed by atoms with Crippen LogP contribution in [0.5, 0.6) is 0 Å². The van der Waals surface area contributed by atoms with Gasteiger partial charge in [-0.25, -0.2) is 0 Å². The number of hydrogen-bond acceptors (Lipinski definition) is 3. The molecule has 0 aromatic rings. The zero-order chi connectivity index (χ0) is 10.2. The molecule has 0 aromatic heterocycles. The highest BCUT2D eigenvalue weighted by molar-refractivity contribution is 4.72. The zero-order valence-electron chi connectivity index (χ0n) is 9.42. The molecule has 3 heteroatoms. The number of ether oxygens (including phenoxy) is 2. The molecule has 14 heavy (non-hydrogen) atoms. The first-order valence-corrected chi connectivity index (χ1v) is 5.77. The predicted octanol–water partition coefficient (Wildman–Crippen LogP) is 1.57. The van der Waals surface area contributed by atoms with Gasteiger partial charge in [-0.05, 0) is 39.7 Å². The maximum atomic E-state index is 5.70. The smallest absolute Gasteiger partial charge is 0.0704 e. The highest BCUT2D eigenvalue weighted by Crippen LogP contribution is 2.17. The summed E-state index contributed by atoms with van der Waals surface area (Å²) in [6, 6.07) is 0. The summed E-state index contributed by atoms with van der Waals surface area (Å²) in [5.74, 6) is 0. The minimum Gasteiger partial charge on any atom is -0.382 e. The van der Waals surface area contributed by atoms with Crippen LogP contribution < -0.4 is 5.32 Å². The Bertz CT molecular complexity index is 141. The molecule has 0 bridgehead atoms. The molecule has 1 N–H and O–H groups in total. The van der Waals surface area contributed by atoms with Gasteiger partial charge in [0.25, 0.3) is 0 Å². The fourth-order valence-electron chi connectivity index (χ4n) is 1.74. The predicted molar refractivity (Wildman–Crippen MR) is 57.5 cm³/mol. The summed E-state index contributed by atoms with van der Waals surface area (Å²) in [4.78, 5) is 0. The van der Waals surface area contributed by atoms with E-state index in [2.05, 4.69) is 12.2 Å². The second-order valence-electron chi connectivity index (χ2n) is 3.90. The van der Waals surface area contributed by atoms with Gasteiger partial charge in [0.1, 0.15) is 0 Å². The van der Waals surface area contributed by atoms with Crippen molar-refractivity contribution in [2.45, 2.75) is 45.3 Å². The first kappa shape index (κ1) is 12.0. The Morgan fingerprint density at radius 3 is 2.93 bits per heavy atom. The van der Waals surface area contributed by atoms with Crippen molar-refractivity contribution in [3.05, 3.63) is 0 Å². The summed E-state index contributed by atoms with van der Waals surface area (Å²) in [7, 11) is 0. The van der Waals surface area contributed by atoms with Gasteiger partial charge >= 0.3 is 0 Å². The molecule has 1 fully saturated rings. The van der Waals surface area contributed by atoms with E-state index in [0.29, 0.717) is 12.2 Å². The molecule has 1 aliphatic heterocycles. The van der Waals surface area contributed by atoms with Crippen LogP contribution in [0.2, 0.25) is 0 Å². The van der Waals surface area contributed by atoms with E-state index in [0.717, 1.165) is 32.7 Å².